The first kappa shape index (κ1) is 8.53. The Bertz CT molecular complexity index is 475. The van der Waals surface area contributed by atoms with Gasteiger partial charge < -0.3 is 5.73 Å². The molecule has 1 aromatic heterocycles. The van der Waals surface area contributed by atoms with Crippen molar-refractivity contribution in [2.75, 3.05) is 0 Å². The third kappa shape index (κ3) is 1.41. The Kier molecular flexibility index (Phi) is 1.98. The SMILES string of the molecule is N=C(N)c1csc2ccc(Cl)cc12. The smallest absolute Gasteiger partial charge is 0.124 e. The summed E-state index contributed by atoms with van der Waals surface area (Å²) in [5.41, 5.74) is 6.19. The predicted octanol–water partition coefficient (Wildman–Crippen LogP) is 2.84. The van der Waals surface area contributed by atoms with E-state index < -0.39 is 0 Å². The van der Waals surface area contributed by atoms with Gasteiger partial charge in [-0.3, -0.25) is 5.41 Å². The van der Waals surface area contributed by atoms with E-state index in [0.29, 0.717) is 5.02 Å². The van der Waals surface area contributed by atoms with Crippen LogP contribution in [-0.4, -0.2) is 5.84 Å². The Balaban J connectivity index is 2.79. The molecule has 13 heavy (non-hydrogen) atoms. The maximum absolute atomic E-state index is 7.35. The molecule has 2 nitrogen and oxygen atoms in total. The zero-order valence-electron chi connectivity index (χ0n) is 6.67. The van der Waals surface area contributed by atoms with Crippen molar-refractivity contribution >= 4 is 38.9 Å². The number of rotatable bonds is 1. The highest BCUT2D eigenvalue weighted by molar-refractivity contribution is 7.17. The summed E-state index contributed by atoms with van der Waals surface area (Å²) in [4.78, 5) is 0. The molecular formula is C9H7ClN2S. The van der Waals surface area contributed by atoms with E-state index in [0.717, 1.165) is 15.6 Å². The van der Waals surface area contributed by atoms with Crippen molar-refractivity contribution in [3.8, 4) is 0 Å². The number of amidine groups is 1. The summed E-state index contributed by atoms with van der Waals surface area (Å²) < 4.78 is 1.11. The van der Waals surface area contributed by atoms with E-state index in [1.54, 1.807) is 11.3 Å². The van der Waals surface area contributed by atoms with Gasteiger partial charge in [0, 0.05) is 26.1 Å². The zero-order valence-corrected chi connectivity index (χ0v) is 8.25. The Labute approximate surface area is 84.4 Å². The van der Waals surface area contributed by atoms with Crippen LogP contribution in [0.5, 0.6) is 0 Å². The highest BCUT2D eigenvalue weighted by atomic mass is 35.5. The minimum absolute atomic E-state index is 0.0912. The summed E-state index contributed by atoms with van der Waals surface area (Å²) in [6.45, 7) is 0. The van der Waals surface area contributed by atoms with Gasteiger partial charge in [0.05, 0.1) is 0 Å². The lowest BCUT2D eigenvalue weighted by Crippen LogP contribution is -2.09. The summed E-state index contributed by atoms with van der Waals surface area (Å²) in [7, 11) is 0. The van der Waals surface area contributed by atoms with Crippen LogP contribution >= 0.6 is 22.9 Å². The molecule has 0 atom stereocenters. The molecule has 1 aromatic carbocycles. The lowest BCUT2D eigenvalue weighted by molar-refractivity contribution is 1.45. The number of nitrogens with two attached hydrogens (primary N) is 1. The number of fused-ring (bicyclic) bond motifs is 1. The number of nitrogen functional groups attached to an aromatic ring is 1. The second-order valence-corrected chi connectivity index (χ2v) is 4.05. The molecule has 0 saturated heterocycles. The number of nitrogens with one attached hydrogen (secondary N) is 1. The van der Waals surface area contributed by atoms with E-state index in [4.69, 9.17) is 22.7 Å². The van der Waals surface area contributed by atoms with E-state index in [1.165, 1.54) is 0 Å². The fourth-order valence-corrected chi connectivity index (χ4v) is 2.32. The van der Waals surface area contributed by atoms with Crippen molar-refractivity contribution in [3.05, 3.63) is 34.2 Å². The molecule has 0 aliphatic rings. The molecule has 4 heteroatoms. The second kappa shape index (κ2) is 3.01. The van der Waals surface area contributed by atoms with Gasteiger partial charge in [0.15, 0.2) is 0 Å². The van der Waals surface area contributed by atoms with Gasteiger partial charge in [-0.05, 0) is 18.2 Å². The molecule has 0 unspecified atom stereocenters. The molecule has 0 fully saturated rings. The first-order valence-electron chi connectivity index (χ1n) is 3.69. The fourth-order valence-electron chi connectivity index (χ4n) is 1.21. The molecule has 2 aromatic rings. The molecule has 3 N–H and O–H groups in total. The lowest BCUT2D eigenvalue weighted by atomic mass is 10.2. The fraction of sp³-hybridized carbons (Fsp3) is 0. The molecular weight excluding hydrogens is 204 g/mol. The van der Waals surface area contributed by atoms with E-state index >= 15 is 0 Å². The second-order valence-electron chi connectivity index (χ2n) is 2.70. The normalized spacial score (nSPS) is 10.5. The summed E-state index contributed by atoms with van der Waals surface area (Å²) in [5.74, 6) is 0.0912. The van der Waals surface area contributed by atoms with E-state index in [2.05, 4.69) is 0 Å². The molecule has 0 spiro atoms. The van der Waals surface area contributed by atoms with Crippen molar-refractivity contribution in [1.82, 2.24) is 0 Å². The average molecular weight is 211 g/mol. The lowest BCUT2D eigenvalue weighted by Gasteiger charge is -1.95. The maximum Gasteiger partial charge on any atom is 0.124 e. The van der Waals surface area contributed by atoms with Gasteiger partial charge in [-0.25, -0.2) is 0 Å². The van der Waals surface area contributed by atoms with Crippen LogP contribution in [0.3, 0.4) is 0 Å². The molecule has 0 saturated carbocycles. The van der Waals surface area contributed by atoms with Crippen LogP contribution < -0.4 is 5.73 Å². The molecule has 66 valence electrons. The Morgan fingerprint density at radius 2 is 2.23 bits per heavy atom. The van der Waals surface area contributed by atoms with Gasteiger partial charge in [0.1, 0.15) is 5.84 Å². The molecule has 0 amide bonds. The van der Waals surface area contributed by atoms with Crippen LogP contribution in [0.25, 0.3) is 10.1 Å². The first-order chi connectivity index (χ1) is 6.18. The van der Waals surface area contributed by atoms with Crippen LogP contribution in [0, 0.1) is 5.41 Å². The van der Waals surface area contributed by atoms with Crippen LogP contribution in [-0.2, 0) is 0 Å². The van der Waals surface area contributed by atoms with Crippen LogP contribution in [0.15, 0.2) is 23.6 Å². The summed E-state index contributed by atoms with van der Waals surface area (Å²) in [5, 5.41) is 10.9. The number of hydrogen-bond acceptors (Lipinski definition) is 2. The van der Waals surface area contributed by atoms with Gasteiger partial charge in [0.25, 0.3) is 0 Å². The number of thiophene rings is 1. The Morgan fingerprint density at radius 3 is 2.92 bits per heavy atom. The summed E-state index contributed by atoms with van der Waals surface area (Å²) in [6, 6.07) is 5.61. The van der Waals surface area contributed by atoms with Gasteiger partial charge in [0.2, 0.25) is 0 Å². The Hall–Kier alpha value is -1.06. The topological polar surface area (TPSA) is 49.9 Å². The van der Waals surface area contributed by atoms with Crippen LogP contribution in [0.4, 0.5) is 0 Å². The third-order valence-electron chi connectivity index (χ3n) is 1.83. The maximum atomic E-state index is 7.35. The van der Waals surface area contributed by atoms with Gasteiger partial charge in [-0.15, -0.1) is 11.3 Å². The van der Waals surface area contributed by atoms with E-state index in [9.17, 15) is 0 Å². The van der Waals surface area contributed by atoms with Crippen molar-refractivity contribution < 1.29 is 0 Å². The molecule has 0 radical (unpaired) electrons. The number of halogens is 1. The van der Waals surface area contributed by atoms with E-state index in [1.807, 2.05) is 23.6 Å². The van der Waals surface area contributed by atoms with E-state index in [-0.39, 0.29) is 5.84 Å². The predicted molar refractivity (Wildman–Crippen MR) is 57.9 cm³/mol. The zero-order chi connectivity index (χ0) is 9.42. The summed E-state index contributed by atoms with van der Waals surface area (Å²) in [6.07, 6.45) is 0. The first-order valence-corrected chi connectivity index (χ1v) is 4.95. The van der Waals surface area contributed by atoms with Crippen LogP contribution in [0.1, 0.15) is 5.56 Å². The number of hydrogen-bond donors (Lipinski definition) is 2. The molecule has 0 bridgehead atoms. The van der Waals surface area contributed by atoms with Gasteiger partial charge in [-0.2, -0.15) is 0 Å². The van der Waals surface area contributed by atoms with Crippen LogP contribution in [0.2, 0.25) is 5.02 Å². The van der Waals surface area contributed by atoms with Crippen molar-refractivity contribution in [1.29, 1.82) is 5.41 Å². The molecule has 1 heterocycles. The monoisotopic (exact) mass is 210 g/mol. The molecule has 0 aliphatic heterocycles. The molecule has 2 rings (SSSR count). The average Bonchev–Trinajstić information content (AvgIpc) is 2.46. The van der Waals surface area contributed by atoms with Crippen molar-refractivity contribution in [2.24, 2.45) is 5.73 Å². The van der Waals surface area contributed by atoms with Crippen molar-refractivity contribution in [2.45, 2.75) is 0 Å². The van der Waals surface area contributed by atoms with Crippen molar-refractivity contribution in [3.63, 3.8) is 0 Å². The molecule has 0 aliphatic carbocycles. The standard InChI is InChI=1S/C9H7ClN2S/c10-5-1-2-8-6(3-5)7(4-13-8)9(11)12/h1-4H,(H3,11,12). The minimum atomic E-state index is 0.0912. The van der Waals surface area contributed by atoms with Gasteiger partial charge >= 0.3 is 0 Å². The van der Waals surface area contributed by atoms with Gasteiger partial charge in [-0.1, -0.05) is 11.6 Å². The number of benzene rings is 1. The highest BCUT2D eigenvalue weighted by Gasteiger charge is 2.06. The largest absolute Gasteiger partial charge is 0.384 e. The minimum Gasteiger partial charge on any atom is -0.384 e. The summed E-state index contributed by atoms with van der Waals surface area (Å²) >= 11 is 7.42. The quantitative estimate of drug-likeness (QED) is 0.552. The third-order valence-corrected chi connectivity index (χ3v) is 3.02. The highest BCUT2D eigenvalue weighted by Crippen LogP contribution is 2.28. The Morgan fingerprint density at radius 1 is 1.46 bits per heavy atom.